The van der Waals surface area contributed by atoms with E-state index in [0.717, 1.165) is 28.0 Å². The van der Waals surface area contributed by atoms with E-state index in [2.05, 4.69) is 0 Å². The molecule has 0 bridgehead atoms. The van der Waals surface area contributed by atoms with Crippen molar-refractivity contribution in [3.8, 4) is 5.75 Å². The van der Waals surface area contributed by atoms with Gasteiger partial charge in [-0.25, -0.2) is 4.79 Å². The molecule has 0 radical (unpaired) electrons. The lowest BCUT2D eigenvalue weighted by atomic mass is 9.93. The first-order valence-electron chi connectivity index (χ1n) is 13.1. The van der Waals surface area contributed by atoms with Crippen LogP contribution in [0.4, 0.5) is 0 Å². The minimum Gasteiger partial charge on any atom is -0.507 e. The third kappa shape index (κ3) is 5.17. The van der Waals surface area contributed by atoms with Crippen molar-refractivity contribution >= 4 is 23.4 Å². The summed E-state index contributed by atoms with van der Waals surface area (Å²) in [7, 11) is 0. The first kappa shape index (κ1) is 26.2. The number of carbonyl (C=O) groups excluding carboxylic acids is 3. The number of hydrogen-bond acceptors (Lipinski definition) is 6. The summed E-state index contributed by atoms with van der Waals surface area (Å²) in [6.07, 6.45) is 0.501. The number of nitrogens with zero attached hydrogens (tertiary/aromatic N) is 1. The molecule has 1 fully saturated rings. The molecule has 0 aromatic heterocycles. The standard InChI is InChI=1S/C32H31NO6/c1-18(2)38-32(37)22-10-8-21(9-11-22)17-33-28(23-7-5-6-19(3)14-23)27(30(35)31(33)36)29(34)24-12-13-26-25(16-24)15-20(4)39-26/h5-14,16,18,20,28,34H,15,17H2,1-4H3/b29-27-. The van der Waals surface area contributed by atoms with E-state index in [9.17, 15) is 19.5 Å². The van der Waals surface area contributed by atoms with E-state index in [0.29, 0.717) is 17.5 Å². The number of aliphatic hydroxyl groups is 1. The second-order valence-electron chi connectivity index (χ2n) is 10.4. The van der Waals surface area contributed by atoms with Crippen molar-refractivity contribution < 1.29 is 29.0 Å². The van der Waals surface area contributed by atoms with Gasteiger partial charge in [0.2, 0.25) is 0 Å². The maximum atomic E-state index is 13.4. The molecule has 2 heterocycles. The predicted octanol–water partition coefficient (Wildman–Crippen LogP) is 5.51. The molecule has 2 aliphatic rings. The van der Waals surface area contributed by atoms with Crippen LogP contribution in [0, 0.1) is 6.92 Å². The van der Waals surface area contributed by atoms with Gasteiger partial charge in [-0.3, -0.25) is 9.59 Å². The Labute approximate surface area is 227 Å². The normalized spacial score (nSPS) is 19.8. The highest BCUT2D eigenvalue weighted by molar-refractivity contribution is 6.46. The maximum absolute atomic E-state index is 13.4. The number of aliphatic hydroxyl groups excluding tert-OH is 1. The molecule has 2 unspecified atom stereocenters. The highest BCUT2D eigenvalue weighted by Gasteiger charge is 2.46. The molecule has 1 N–H and O–H groups in total. The molecule has 7 nitrogen and oxygen atoms in total. The Bertz CT molecular complexity index is 1490. The second kappa shape index (κ2) is 10.4. The van der Waals surface area contributed by atoms with E-state index >= 15 is 0 Å². The monoisotopic (exact) mass is 525 g/mol. The Hall–Kier alpha value is -4.39. The van der Waals surface area contributed by atoms with Crippen molar-refractivity contribution in [2.24, 2.45) is 0 Å². The van der Waals surface area contributed by atoms with Crippen LogP contribution in [0.1, 0.15) is 65.0 Å². The van der Waals surface area contributed by atoms with Gasteiger partial charge in [-0.15, -0.1) is 0 Å². The zero-order chi connectivity index (χ0) is 27.8. The number of carbonyl (C=O) groups is 3. The number of fused-ring (bicyclic) bond motifs is 1. The third-order valence-corrected chi connectivity index (χ3v) is 6.95. The molecular formula is C32H31NO6. The third-order valence-electron chi connectivity index (χ3n) is 6.95. The smallest absolute Gasteiger partial charge is 0.338 e. The van der Waals surface area contributed by atoms with Gasteiger partial charge in [-0.2, -0.15) is 0 Å². The predicted molar refractivity (Wildman–Crippen MR) is 146 cm³/mol. The van der Waals surface area contributed by atoms with Gasteiger partial charge in [0.25, 0.3) is 11.7 Å². The quantitative estimate of drug-likeness (QED) is 0.198. The number of amides is 1. The number of rotatable bonds is 6. The Kier molecular flexibility index (Phi) is 7.00. The second-order valence-corrected chi connectivity index (χ2v) is 10.4. The van der Waals surface area contributed by atoms with Gasteiger partial charge >= 0.3 is 5.97 Å². The van der Waals surface area contributed by atoms with Gasteiger partial charge in [-0.1, -0.05) is 42.0 Å². The van der Waals surface area contributed by atoms with Gasteiger partial charge in [-0.05, 0) is 74.7 Å². The average Bonchev–Trinajstić information content (AvgIpc) is 3.39. The molecule has 0 aliphatic carbocycles. The summed E-state index contributed by atoms with van der Waals surface area (Å²) in [5.41, 5.74) is 4.30. The SMILES string of the molecule is Cc1cccc(C2/C(=C(/O)c3ccc4c(c3)CC(C)O4)C(=O)C(=O)N2Cc2ccc(C(=O)OC(C)C)cc2)c1. The van der Waals surface area contributed by atoms with Crippen molar-refractivity contribution in [2.75, 3.05) is 0 Å². The number of ether oxygens (including phenoxy) is 2. The summed E-state index contributed by atoms with van der Waals surface area (Å²) >= 11 is 0. The first-order valence-corrected chi connectivity index (χ1v) is 13.1. The van der Waals surface area contributed by atoms with E-state index in [1.54, 1.807) is 50.2 Å². The summed E-state index contributed by atoms with van der Waals surface area (Å²) in [4.78, 5) is 40.5. The highest BCUT2D eigenvalue weighted by Crippen LogP contribution is 2.41. The lowest BCUT2D eigenvalue weighted by Gasteiger charge is -2.26. The van der Waals surface area contributed by atoms with Crippen LogP contribution in [0.5, 0.6) is 5.75 Å². The zero-order valence-corrected chi connectivity index (χ0v) is 22.4. The first-order chi connectivity index (χ1) is 18.6. The molecule has 5 rings (SSSR count). The molecule has 1 saturated heterocycles. The number of ketones is 1. The lowest BCUT2D eigenvalue weighted by Crippen LogP contribution is -2.29. The van der Waals surface area contributed by atoms with Crippen molar-refractivity contribution in [1.29, 1.82) is 0 Å². The molecule has 0 saturated carbocycles. The number of Topliss-reactive ketones (excluding diaryl/α,β-unsaturated/α-hetero) is 1. The van der Waals surface area contributed by atoms with Gasteiger partial charge < -0.3 is 19.5 Å². The fourth-order valence-corrected chi connectivity index (χ4v) is 5.18. The van der Waals surface area contributed by atoms with Crippen LogP contribution in [-0.4, -0.2) is 39.9 Å². The number of benzene rings is 3. The molecule has 0 spiro atoms. The van der Waals surface area contributed by atoms with Crippen molar-refractivity contribution in [1.82, 2.24) is 4.90 Å². The van der Waals surface area contributed by atoms with Crippen LogP contribution in [0.2, 0.25) is 0 Å². The number of hydrogen-bond donors (Lipinski definition) is 1. The van der Waals surface area contributed by atoms with Crippen molar-refractivity contribution in [3.63, 3.8) is 0 Å². The molecule has 7 heteroatoms. The van der Waals surface area contributed by atoms with Gasteiger partial charge in [0.15, 0.2) is 0 Å². The Morgan fingerprint density at radius 2 is 1.77 bits per heavy atom. The van der Waals surface area contributed by atoms with Crippen LogP contribution < -0.4 is 4.74 Å². The molecule has 200 valence electrons. The number of likely N-dealkylation sites (tertiary alicyclic amines) is 1. The fraction of sp³-hybridized carbons (Fsp3) is 0.281. The van der Waals surface area contributed by atoms with Crippen LogP contribution in [0.15, 0.2) is 72.3 Å². The summed E-state index contributed by atoms with van der Waals surface area (Å²) in [6, 6.07) is 18.9. The van der Waals surface area contributed by atoms with Crippen LogP contribution >= 0.6 is 0 Å². The van der Waals surface area contributed by atoms with Crippen LogP contribution in [0.25, 0.3) is 5.76 Å². The summed E-state index contributed by atoms with van der Waals surface area (Å²) < 4.78 is 11.0. The highest BCUT2D eigenvalue weighted by atomic mass is 16.5. The zero-order valence-electron chi connectivity index (χ0n) is 22.4. The molecule has 3 aromatic carbocycles. The van der Waals surface area contributed by atoms with Crippen molar-refractivity contribution in [2.45, 2.75) is 58.9 Å². The fourth-order valence-electron chi connectivity index (χ4n) is 5.18. The summed E-state index contributed by atoms with van der Waals surface area (Å²) in [5.74, 6) is -1.30. The molecule has 39 heavy (non-hydrogen) atoms. The minimum atomic E-state index is -0.779. The lowest BCUT2D eigenvalue weighted by molar-refractivity contribution is -0.140. The average molecular weight is 526 g/mol. The van der Waals surface area contributed by atoms with Crippen molar-refractivity contribution in [3.05, 3.63) is 106 Å². The Balaban J connectivity index is 1.53. The molecular weight excluding hydrogens is 494 g/mol. The van der Waals surface area contributed by atoms with Gasteiger partial charge in [0.1, 0.15) is 17.6 Å². The summed E-state index contributed by atoms with van der Waals surface area (Å²) in [5, 5.41) is 11.4. The van der Waals surface area contributed by atoms with E-state index < -0.39 is 23.7 Å². The topological polar surface area (TPSA) is 93.1 Å². The van der Waals surface area contributed by atoms with E-state index in [1.165, 1.54) is 4.90 Å². The van der Waals surface area contributed by atoms with E-state index in [4.69, 9.17) is 9.47 Å². The Morgan fingerprint density at radius 1 is 1.05 bits per heavy atom. The largest absolute Gasteiger partial charge is 0.507 e. The van der Waals surface area contributed by atoms with E-state index in [-0.39, 0.29) is 30.1 Å². The van der Waals surface area contributed by atoms with Crippen LogP contribution in [0.3, 0.4) is 0 Å². The molecule has 2 aliphatic heterocycles. The van der Waals surface area contributed by atoms with Gasteiger partial charge in [0, 0.05) is 18.5 Å². The molecule has 2 atom stereocenters. The number of esters is 1. The Morgan fingerprint density at radius 3 is 2.46 bits per heavy atom. The maximum Gasteiger partial charge on any atom is 0.338 e. The summed E-state index contributed by atoms with van der Waals surface area (Å²) in [6.45, 7) is 7.60. The molecule has 3 aromatic rings. The minimum absolute atomic E-state index is 0.0360. The van der Waals surface area contributed by atoms with Crippen LogP contribution in [-0.2, 0) is 27.3 Å². The van der Waals surface area contributed by atoms with Gasteiger partial charge in [0.05, 0.1) is 23.3 Å². The molecule has 1 amide bonds. The van der Waals surface area contributed by atoms with E-state index in [1.807, 2.05) is 44.2 Å². The number of aryl methyl sites for hydroxylation is 1.